The highest BCUT2D eigenvalue weighted by atomic mass is 16.4. The molecule has 0 unspecified atom stereocenters. The Bertz CT molecular complexity index is 593. The van der Waals surface area contributed by atoms with Gasteiger partial charge in [0, 0.05) is 19.3 Å². The molecule has 2 heterocycles. The highest BCUT2D eigenvalue weighted by Gasteiger charge is 2.08. The number of pyridine rings is 1. The fraction of sp³-hybridized carbons (Fsp3) is 0.333. The number of amidine groups is 1. The summed E-state index contributed by atoms with van der Waals surface area (Å²) >= 11 is 0. The molecule has 2 aromatic rings. The van der Waals surface area contributed by atoms with E-state index in [9.17, 15) is 0 Å². The molecular formula is C12H17N7O. The van der Waals surface area contributed by atoms with E-state index in [4.69, 9.17) is 10.9 Å². The third-order valence-electron chi connectivity index (χ3n) is 2.88. The van der Waals surface area contributed by atoms with Crippen LogP contribution >= 0.6 is 0 Å². The van der Waals surface area contributed by atoms with E-state index >= 15 is 0 Å². The maximum atomic E-state index is 8.74. The van der Waals surface area contributed by atoms with Gasteiger partial charge in [0.2, 0.25) is 0 Å². The molecular weight excluding hydrogens is 258 g/mol. The summed E-state index contributed by atoms with van der Waals surface area (Å²) in [6.07, 6.45) is 3.30. The van der Waals surface area contributed by atoms with Crippen LogP contribution in [0.25, 0.3) is 0 Å². The van der Waals surface area contributed by atoms with E-state index < -0.39 is 0 Å². The Morgan fingerprint density at radius 1 is 1.50 bits per heavy atom. The summed E-state index contributed by atoms with van der Waals surface area (Å²) in [5, 5.41) is 22.9. The third-order valence-corrected chi connectivity index (χ3v) is 2.88. The van der Waals surface area contributed by atoms with Gasteiger partial charge in [-0.2, -0.15) is 0 Å². The summed E-state index contributed by atoms with van der Waals surface area (Å²) in [6.45, 7) is 3.98. The van der Waals surface area contributed by atoms with E-state index in [0.29, 0.717) is 18.8 Å². The summed E-state index contributed by atoms with van der Waals surface area (Å²) in [5.74, 6) is 0.862. The lowest BCUT2D eigenvalue weighted by Crippen LogP contribution is -2.22. The van der Waals surface area contributed by atoms with Crippen LogP contribution in [0.3, 0.4) is 0 Å². The van der Waals surface area contributed by atoms with Gasteiger partial charge < -0.3 is 20.8 Å². The molecule has 0 bridgehead atoms. The number of hydrogen-bond acceptors (Lipinski definition) is 6. The summed E-state index contributed by atoms with van der Waals surface area (Å²) in [4.78, 5) is 4.11. The number of hydrogen-bond donors (Lipinski definition) is 3. The summed E-state index contributed by atoms with van der Waals surface area (Å²) in [5.41, 5.74) is 6.91. The Morgan fingerprint density at radius 2 is 2.35 bits per heavy atom. The smallest absolute Gasteiger partial charge is 0.189 e. The molecule has 0 saturated heterocycles. The van der Waals surface area contributed by atoms with Crippen molar-refractivity contribution in [2.45, 2.75) is 26.6 Å². The highest BCUT2D eigenvalue weighted by Crippen LogP contribution is 2.05. The lowest BCUT2D eigenvalue weighted by molar-refractivity contribution is 0.318. The van der Waals surface area contributed by atoms with Gasteiger partial charge in [-0.3, -0.25) is 4.98 Å². The first kappa shape index (κ1) is 13.9. The molecule has 0 aromatic carbocycles. The third kappa shape index (κ3) is 3.09. The lowest BCUT2D eigenvalue weighted by Gasteiger charge is -2.08. The Balaban J connectivity index is 2.01. The number of oxime groups is 1. The van der Waals surface area contributed by atoms with Crippen LogP contribution in [-0.4, -0.2) is 30.8 Å². The van der Waals surface area contributed by atoms with Gasteiger partial charge >= 0.3 is 0 Å². The van der Waals surface area contributed by atoms with Crippen molar-refractivity contribution >= 4 is 5.84 Å². The van der Waals surface area contributed by atoms with Crippen molar-refractivity contribution in [1.82, 2.24) is 25.1 Å². The van der Waals surface area contributed by atoms with E-state index in [2.05, 4.69) is 25.7 Å². The van der Waals surface area contributed by atoms with Gasteiger partial charge in [0.15, 0.2) is 5.84 Å². The SMILES string of the molecule is CCn1cnnc1CNCc1cccnc1/C(N)=N/O. The molecule has 0 radical (unpaired) electrons. The Morgan fingerprint density at radius 3 is 3.10 bits per heavy atom. The standard InChI is InChI=1S/C12H17N7O/c1-2-19-8-16-17-10(19)7-14-6-9-4-3-5-15-11(9)12(13)18-20/h3-5,8,14,20H,2,6-7H2,1H3,(H2,13,18). The molecule has 20 heavy (non-hydrogen) atoms. The van der Waals surface area contributed by atoms with E-state index in [1.807, 2.05) is 17.6 Å². The minimum absolute atomic E-state index is 0.000810. The topological polar surface area (TPSA) is 114 Å². The van der Waals surface area contributed by atoms with Gasteiger partial charge in [0.05, 0.1) is 6.54 Å². The molecule has 0 amide bonds. The Kier molecular flexibility index (Phi) is 4.61. The monoisotopic (exact) mass is 275 g/mol. The van der Waals surface area contributed by atoms with Crippen LogP contribution in [-0.2, 0) is 19.6 Å². The minimum atomic E-state index is -0.000810. The fourth-order valence-corrected chi connectivity index (χ4v) is 1.85. The first-order chi connectivity index (χ1) is 9.76. The molecule has 8 heteroatoms. The van der Waals surface area contributed by atoms with Gasteiger partial charge in [-0.25, -0.2) is 0 Å². The van der Waals surface area contributed by atoms with E-state index in [0.717, 1.165) is 17.9 Å². The van der Waals surface area contributed by atoms with Gasteiger partial charge in [0.25, 0.3) is 0 Å². The summed E-state index contributed by atoms with van der Waals surface area (Å²) in [6, 6.07) is 3.68. The molecule has 0 saturated carbocycles. The average molecular weight is 275 g/mol. The van der Waals surface area contributed by atoms with Crippen LogP contribution in [0.4, 0.5) is 0 Å². The van der Waals surface area contributed by atoms with Gasteiger partial charge in [-0.1, -0.05) is 11.2 Å². The zero-order chi connectivity index (χ0) is 14.4. The van der Waals surface area contributed by atoms with Crippen molar-refractivity contribution < 1.29 is 5.21 Å². The maximum Gasteiger partial charge on any atom is 0.189 e. The molecule has 0 aliphatic rings. The van der Waals surface area contributed by atoms with Crippen molar-refractivity contribution in [3.05, 3.63) is 41.7 Å². The molecule has 106 valence electrons. The van der Waals surface area contributed by atoms with Crippen LogP contribution < -0.4 is 11.1 Å². The van der Waals surface area contributed by atoms with E-state index in [1.54, 1.807) is 18.6 Å². The zero-order valence-corrected chi connectivity index (χ0v) is 11.2. The normalized spacial score (nSPS) is 11.8. The van der Waals surface area contributed by atoms with E-state index in [-0.39, 0.29) is 5.84 Å². The second-order valence-corrected chi connectivity index (χ2v) is 4.13. The maximum absolute atomic E-state index is 8.74. The van der Waals surface area contributed by atoms with Crippen molar-refractivity contribution in [3.8, 4) is 0 Å². The molecule has 0 fully saturated rings. The molecule has 8 nitrogen and oxygen atoms in total. The largest absolute Gasteiger partial charge is 0.409 e. The molecule has 0 spiro atoms. The van der Waals surface area contributed by atoms with Crippen molar-refractivity contribution in [1.29, 1.82) is 0 Å². The number of rotatable bonds is 6. The molecule has 0 atom stereocenters. The van der Waals surface area contributed by atoms with Crippen LogP contribution in [0.2, 0.25) is 0 Å². The quantitative estimate of drug-likeness (QED) is 0.298. The van der Waals surface area contributed by atoms with E-state index in [1.165, 1.54) is 0 Å². The van der Waals surface area contributed by atoms with Crippen LogP contribution in [0.1, 0.15) is 24.0 Å². The van der Waals surface area contributed by atoms with Crippen molar-refractivity contribution in [2.75, 3.05) is 0 Å². The van der Waals surface area contributed by atoms with Crippen LogP contribution in [0.5, 0.6) is 0 Å². The summed E-state index contributed by atoms with van der Waals surface area (Å²) < 4.78 is 1.96. The first-order valence-corrected chi connectivity index (χ1v) is 6.25. The number of nitrogens with two attached hydrogens (primary N) is 1. The predicted molar refractivity (Wildman–Crippen MR) is 73.0 cm³/mol. The first-order valence-electron chi connectivity index (χ1n) is 6.25. The fourth-order valence-electron chi connectivity index (χ4n) is 1.85. The molecule has 2 aromatic heterocycles. The van der Waals surface area contributed by atoms with Gasteiger partial charge in [-0.15, -0.1) is 10.2 Å². The molecule has 0 aliphatic carbocycles. The zero-order valence-electron chi connectivity index (χ0n) is 11.2. The summed E-state index contributed by atoms with van der Waals surface area (Å²) in [7, 11) is 0. The number of aromatic nitrogens is 4. The number of nitrogens with zero attached hydrogens (tertiary/aromatic N) is 5. The van der Waals surface area contributed by atoms with Crippen LogP contribution in [0, 0.1) is 0 Å². The number of nitrogens with one attached hydrogen (secondary N) is 1. The predicted octanol–water partition coefficient (Wildman–Crippen LogP) is 0.0773. The highest BCUT2D eigenvalue weighted by molar-refractivity contribution is 5.96. The molecule has 4 N–H and O–H groups in total. The van der Waals surface area contributed by atoms with Gasteiger partial charge in [-0.05, 0) is 18.6 Å². The van der Waals surface area contributed by atoms with Crippen LogP contribution in [0.15, 0.2) is 29.8 Å². The molecule has 0 aliphatic heterocycles. The second-order valence-electron chi connectivity index (χ2n) is 4.13. The second kappa shape index (κ2) is 6.62. The van der Waals surface area contributed by atoms with Crippen molar-refractivity contribution in [2.24, 2.45) is 10.9 Å². The minimum Gasteiger partial charge on any atom is -0.409 e. The Labute approximate surface area is 116 Å². The lowest BCUT2D eigenvalue weighted by atomic mass is 10.2. The number of aryl methyl sites for hydroxylation is 1. The average Bonchev–Trinajstić information content (AvgIpc) is 2.94. The van der Waals surface area contributed by atoms with Crippen molar-refractivity contribution in [3.63, 3.8) is 0 Å². The van der Waals surface area contributed by atoms with Gasteiger partial charge in [0.1, 0.15) is 17.8 Å². The molecule has 2 rings (SSSR count). The Hall–Kier alpha value is -2.48.